The lowest BCUT2D eigenvalue weighted by Crippen LogP contribution is -2.40. The topological polar surface area (TPSA) is 54.0 Å². The molecule has 0 aliphatic carbocycles. The van der Waals surface area contributed by atoms with E-state index in [0.717, 1.165) is 16.5 Å². The smallest absolute Gasteiger partial charge is 0.262 e. The molecule has 1 aliphatic heterocycles. The van der Waals surface area contributed by atoms with Crippen molar-refractivity contribution in [2.75, 3.05) is 6.54 Å². The van der Waals surface area contributed by atoms with Crippen molar-refractivity contribution >= 4 is 16.8 Å². The quantitative estimate of drug-likeness (QED) is 0.907. The summed E-state index contributed by atoms with van der Waals surface area (Å²) in [4.78, 5) is 16.1. The van der Waals surface area contributed by atoms with Crippen LogP contribution in [0.5, 0.6) is 0 Å². The van der Waals surface area contributed by atoms with Gasteiger partial charge in [-0.05, 0) is 17.7 Å². The third-order valence-electron chi connectivity index (χ3n) is 3.54. The van der Waals surface area contributed by atoms with Crippen molar-refractivity contribution in [1.82, 2.24) is 15.6 Å². The summed E-state index contributed by atoms with van der Waals surface area (Å²) in [5, 5.41) is 6.18. The van der Waals surface area contributed by atoms with Crippen LogP contribution in [-0.2, 0) is 11.3 Å². The number of rotatable bonds is 3. The molecule has 1 aliphatic rings. The van der Waals surface area contributed by atoms with Gasteiger partial charge in [0.1, 0.15) is 0 Å². The van der Waals surface area contributed by atoms with E-state index in [2.05, 4.69) is 15.6 Å². The van der Waals surface area contributed by atoms with Gasteiger partial charge in [0.05, 0.1) is 18.1 Å². The fraction of sp³-hybridized carbons (Fsp3) is 0.333. The van der Waals surface area contributed by atoms with E-state index in [1.54, 1.807) is 6.20 Å². The molecular weight excluding hydrogens is 276 g/mol. The molecule has 1 saturated heterocycles. The maximum absolute atomic E-state index is 13.0. The van der Waals surface area contributed by atoms with E-state index in [-0.39, 0.29) is 6.54 Å². The lowest BCUT2D eigenvalue weighted by atomic mass is 10.1. The number of amides is 1. The molecule has 6 heteroatoms. The van der Waals surface area contributed by atoms with E-state index in [1.165, 1.54) is 0 Å². The number of carbonyl (C=O) groups excluding carboxylic acids is 1. The average molecular weight is 291 g/mol. The maximum Gasteiger partial charge on any atom is 0.262 e. The molecule has 1 aromatic carbocycles. The van der Waals surface area contributed by atoms with Crippen LogP contribution in [0, 0.1) is 0 Å². The summed E-state index contributed by atoms with van der Waals surface area (Å²) in [5.74, 6) is -3.20. The van der Waals surface area contributed by atoms with Crippen LogP contribution >= 0.6 is 0 Å². The molecule has 1 fully saturated rings. The third-order valence-corrected chi connectivity index (χ3v) is 3.54. The van der Waals surface area contributed by atoms with E-state index < -0.39 is 30.8 Å². The molecule has 2 N–H and O–H groups in total. The number of alkyl halides is 2. The lowest BCUT2D eigenvalue weighted by Gasteiger charge is -2.11. The molecule has 2 heterocycles. The van der Waals surface area contributed by atoms with Crippen molar-refractivity contribution < 1.29 is 13.6 Å². The Hall–Kier alpha value is -2.08. The van der Waals surface area contributed by atoms with Gasteiger partial charge in [-0.2, -0.15) is 0 Å². The van der Waals surface area contributed by atoms with E-state index in [1.807, 2.05) is 30.3 Å². The van der Waals surface area contributed by atoms with Gasteiger partial charge in [0, 0.05) is 24.5 Å². The number of fused-ring (bicyclic) bond motifs is 1. The number of hydrogen-bond donors (Lipinski definition) is 2. The van der Waals surface area contributed by atoms with Gasteiger partial charge < -0.3 is 5.32 Å². The van der Waals surface area contributed by atoms with Crippen molar-refractivity contribution in [3.8, 4) is 0 Å². The summed E-state index contributed by atoms with van der Waals surface area (Å²) in [7, 11) is 0. The minimum absolute atomic E-state index is 0.278. The van der Waals surface area contributed by atoms with Crippen molar-refractivity contribution in [2.45, 2.75) is 24.9 Å². The Kier molecular flexibility index (Phi) is 3.55. The number of benzene rings is 1. The zero-order valence-corrected chi connectivity index (χ0v) is 11.3. The molecule has 0 radical (unpaired) electrons. The second kappa shape index (κ2) is 5.37. The van der Waals surface area contributed by atoms with Gasteiger partial charge in [-0.3, -0.25) is 15.1 Å². The minimum atomic E-state index is -2.80. The molecule has 0 spiro atoms. The average Bonchev–Trinajstić information content (AvgIpc) is 2.85. The summed E-state index contributed by atoms with van der Waals surface area (Å²) in [6, 6.07) is 8.77. The normalized spacial score (nSPS) is 20.6. The highest BCUT2D eigenvalue weighted by atomic mass is 19.3. The Bertz CT molecular complexity index is 675. The summed E-state index contributed by atoms with van der Waals surface area (Å²) in [6.45, 7) is -0.164. The molecule has 3 rings (SSSR count). The first-order chi connectivity index (χ1) is 10.0. The van der Waals surface area contributed by atoms with Gasteiger partial charge >= 0.3 is 0 Å². The number of para-hydroxylation sites is 1. The number of pyridine rings is 1. The fourth-order valence-electron chi connectivity index (χ4n) is 2.43. The van der Waals surface area contributed by atoms with Crippen LogP contribution in [0.4, 0.5) is 8.78 Å². The molecule has 1 aromatic heterocycles. The fourth-order valence-corrected chi connectivity index (χ4v) is 2.43. The predicted molar refractivity (Wildman–Crippen MR) is 74.9 cm³/mol. The molecular formula is C15H15F2N3O. The molecule has 0 saturated carbocycles. The van der Waals surface area contributed by atoms with E-state index >= 15 is 0 Å². The molecule has 4 nitrogen and oxygen atoms in total. The molecule has 0 bridgehead atoms. The van der Waals surface area contributed by atoms with Crippen LogP contribution in [-0.4, -0.2) is 29.4 Å². The third kappa shape index (κ3) is 3.16. The molecule has 21 heavy (non-hydrogen) atoms. The number of nitrogens with one attached hydrogen (secondary N) is 2. The van der Waals surface area contributed by atoms with Crippen LogP contribution in [0.25, 0.3) is 10.9 Å². The number of nitrogens with zero attached hydrogens (tertiary/aromatic N) is 1. The Balaban J connectivity index is 1.62. The second-order valence-electron chi connectivity index (χ2n) is 5.25. The standard InChI is InChI=1S/C15H15F2N3O/c16-15(17)6-13(20-9-15)14(21)19-8-10-5-11-3-1-2-4-12(11)18-7-10/h1-5,7,13,20H,6,8-9H2,(H,19,21). The number of halogens is 2. The van der Waals surface area contributed by atoms with Crippen LogP contribution in [0.3, 0.4) is 0 Å². The van der Waals surface area contributed by atoms with Gasteiger partial charge in [0.25, 0.3) is 5.92 Å². The van der Waals surface area contributed by atoms with E-state index in [0.29, 0.717) is 0 Å². The minimum Gasteiger partial charge on any atom is -0.351 e. The first kappa shape index (κ1) is 13.9. The number of hydrogen-bond acceptors (Lipinski definition) is 3. The Morgan fingerprint density at radius 2 is 2.24 bits per heavy atom. The van der Waals surface area contributed by atoms with Gasteiger partial charge in [-0.25, -0.2) is 8.78 Å². The summed E-state index contributed by atoms with van der Waals surface area (Å²) < 4.78 is 26.1. The van der Waals surface area contributed by atoms with E-state index in [4.69, 9.17) is 0 Å². The molecule has 1 amide bonds. The maximum atomic E-state index is 13.0. The molecule has 1 atom stereocenters. The Labute approximate surface area is 120 Å². The van der Waals surface area contributed by atoms with Crippen molar-refractivity contribution in [1.29, 1.82) is 0 Å². The highest BCUT2D eigenvalue weighted by Gasteiger charge is 2.42. The first-order valence-corrected chi connectivity index (χ1v) is 6.76. The Morgan fingerprint density at radius 3 is 3.00 bits per heavy atom. The monoisotopic (exact) mass is 291 g/mol. The van der Waals surface area contributed by atoms with Gasteiger partial charge in [-0.1, -0.05) is 18.2 Å². The highest BCUT2D eigenvalue weighted by Crippen LogP contribution is 2.25. The largest absolute Gasteiger partial charge is 0.351 e. The van der Waals surface area contributed by atoms with Crippen molar-refractivity contribution in [2.24, 2.45) is 0 Å². The Morgan fingerprint density at radius 1 is 1.43 bits per heavy atom. The SMILES string of the molecule is O=C(NCc1cnc2ccccc2c1)C1CC(F)(F)CN1. The zero-order valence-electron chi connectivity index (χ0n) is 11.3. The van der Waals surface area contributed by atoms with Crippen molar-refractivity contribution in [3.05, 3.63) is 42.1 Å². The first-order valence-electron chi connectivity index (χ1n) is 6.76. The van der Waals surface area contributed by atoms with Crippen molar-refractivity contribution in [3.63, 3.8) is 0 Å². The van der Waals surface area contributed by atoms with Crippen LogP contribution < -0.4 is 10.6 Å². The summed E-state index contributed by atoms with van der Waals surface area (Å²) in [5.41, 5.74) is 1.72. The van der Waals surface area contributed by atoms with Crippen LogP contribution in [0.2, 0.25) is 0 Å². The van der Waals surface area contributed by atoms with Gasteiger partial charge in [0.15, 0.2) is 0 Å². The number of aromatic nitrogens is 1. The van der Waals surface area contributed by atoms with Gasteiger partial charge in [-0.15, -0.1) is 0 Å². The summed E-state index contributed by atoms with van der Waals surface area (Å²) >= 11 is 0. The van der Waals surface area contributed by atoms with Gasteiger partial charge in [0.2, 0.25) is 5.91 Å². The van der Waals surface area contributed by atoms with Crippen LogP contribution in [0.1, 0.15) is 12.0 Å². The number of carbonyl (C=O) groups is 1. The molecule has 1 unspecified atom stereocenters. The second-order valence-corrected chi connectivity index (χ2v) is 5.25. The molecule has 110 valence electrons. The predicted octanol–water partition coefficient (Wildman–Crippen LogP) is 1.85. The van der Waals surface area contributed by atoms with Crippen LogP contribution in [0.15, 0.2) is 36.5 Å². The zero-order chi connectivity index (χ0) is 14.9. The summed E-state index contributed by atoms with van der Waals surface area (Å²) in [6.07, 6.45) is 1.23. The molecule has 2 aromatic rings. The van der Waals surface area contributed by atoms with E-state index in [9.17, 15) is 13.6 Å². The lowest BCUT2D eigenvalue weighted by molar-refractivity contribution is -0.123. The highest BCUT2D eigenvalue weighted by molar-refractivity contribution is 5.82.